The minimum Gasteiger partial charge on any atom is -0.302 e. The molecule has 0 aromatic heterocycles. The van der Waals surface area contributed by atoms with Crippen LogP contribution in [0, 0.1) is 5.82 Å². The fourth-order valence-electron chi connectivity index (χ4n) is 0.957. The second-order valence-corrected chi connectivity index (χ2v) is 3.35. The number of rotatable bonds is 2. The molecule has 0 bridgehead atoms. The molecule has 1 rings (SSSR count). The van der Waals surface area contributed by atoms with Gasteiger partial charge in [-0.1, -0.05) is 12.1 Å². The number of halogens is 1. The fraction of sp³-hybridized carbons (Fsp3) is 0.300. The van der Waals surface area contributed by atoms with Gasteiger partial charge in [-0.2, -0.15) is 0 Å². The lowest BCUT2D eigenvalue weighted by Gasteiger charge is -2.16. The molecule has 1 aromatic carbocycles. The summed E-state index contributed by atoms with van der Waals surface area (Å²) in [7, 11) is 0. The van der Waals surface area contributed by atoms with Gasteiger partial charge in [0.2, 0.25) is 0 Å². The lowest BCUT2D eigenvalue weighted by molar-refractivity contribution is -0.111. The zero-order chi connectivity index (χ0) is 9.19. The van der Waals surface area contributed by atoms with Gasteiger partial charge in [0.1, 0.15) is 12.1 Å². The average Bonchev–Trinajstić information content (AvgIpc) is 2.05. The zero-order valence-electron chi connectivity index (χ0n) is 7.17. The highest BCUT2D eigenvalue weighted by Gasteiger charge is 2.19. The molecule has 0 fully saturated rings. The molecule has 0 N–H and O–H groups in total. The molecule has 0 aliphatic heterocycles. The maximum absolute atomic E-state index is 12.7. The van der Waals surface area contributed by atoms with Gasteiger partial charge < -0.3 is 4.79 Å². The molecule has 0 saturated heterocycles. The minimum absolute atomic E-state index is 0.303. The Morgan fingerprint density at radius 1 is 1.42 bits per heavy atom. The number of aldehydes is 1. The smallest absolute Gasteiger partial charge is 0.129 e. The first-order valence-corrected chi connectivity index (χ1v) is 3.78. The summed E-state index contributed by atoms with van der Waals surface area (Å²) in [6.45, 7) is 3.52. The van der Waals surface area contributed by atoms with Crippen molar-refractivity contribution in [2.75, 3.05) is 0 Å². The Kier molecular flexibility index (Phi) is 2.27. The average molecular weight is 166 g/mol. The molecule has 0 saturated carbocycles. The van der Waals surface area contributed by atoms with Gasteiger partial charge in [0.25, 0.3) is 0 Å². The van der Waals surface area contributed by atoms with E-state index in [4.69, 9.17) is 0 Å². The van der Waals surface area contributed by atoms with Gasteiger partial charge in [0.15, 0.2) is 0 Å². The van der Waals surface area contributed by atoms with Crippen molar-refractivity contribution in [3.05, 3.63) is 35.6 Å². The molecule has 0 heterocycles. The second-order valence-electron chi connectivity index (χ2n) is 3.35. The van der Waals surface area contributed by atoms with Crippen LogP contribution in [0.2, 0.25) is 0 Å². The van der Waals surface area contributed by atoms with Crippen LogP contribution in [0.5, 0.6) is 0 Å². The molecule has 1 aromatic rings. The summed E-state index contributed by atoms with van der Waals surface area (Å²) in [6, 6.07) is 6.10. The third kappa shape index (κ3) is 1.70. The maximum Gasteiger partial charge on any atom is 0.129 e. The van der Waals surface area contributed by atoms with Crippen LogP contribution in [0.4, 0.5) is 4.39 Å². The van der Waals surface area contributed by atoms with Crippen LogP contribution in [0.15, 0.2) is 24.3 Å². The first kappa shape index (κ1) is 8.91. The second kappa shape index (κ2) is 3.05. The van der Waals surface area contributed by atoms with E-state index in [1.807, 2.05) is 0 Å². The van der Waals surface area contributed by atoms with Gasteiger partial charge >= 0.3 is 0 Å². The van der Waals surface area contributed by atoms with Crippen molar-refractivity contribution in [1.29, 1.82) is 0 Å². The van der Waals surface area contributed by atoms with Crippen LogP contribution >= 0.6 is 0 Å². The Morgan fingerprint density at radius 2 is 2.08 bits per heavy atom. The van der Waals surface area contributed by atoms with Crippen molar-refractivity contribution in [2.24, 2.45) is 0 Å². The van der Waals surface area contributed by atoms with Crippen LogP contribution in [0.3, 0.4) is 0 Å². The third-order valence-electron chi connectivity index (χ3n) is 1.86. The molecule has 64 valence electrons. The highest BCUT2D eigenvalue weighted by molar-refractivity contribution is 5.66. The highest BCUT2D eigenvalue weighted by atomic mass is 19.1. The molecular formula is C10H11FO. The SMILES string of the molecule is CC(C)(C=O)c1cccc(F)c1. The van der Waals surface area contributed by atoms with E-state index in [0.717, 1.165) is 6.29 Å². The van der Waals surface area contributed by atoms with Gasteiger partial charge in [-0.3, -0.25) is 0 Å². The molecule has 0 aliphatic carbocycles. The van der Waals surface area contributed by atoms with E-state index in [0.29, 0.717) is 5.56 Å². The Labute approximate surface area is 71.2 Å². The fourth-order valence-corrected chi connectivity index (χ4v) is 0.957. The molecule has 0 atom stereocenters. The van der Waals surface area contributed by atoms with E-state index >= 15 is 0 Å². The summed E-state index contributed by atoms with van der Waals surface area (Å²) in [5, 5.41) is 0. The van der Waals surface area contributed by atoms with Crippen molar-refractivity contribution in [1.82, 2.24) is 0 Å². The first-order valence-electron chi connectivity index (χ1n) is 3.78. The van der Waals surface area contributed by atoms with Gasteiger partial charge in [-0.15, -0.1) is 0 Å². The van der Waals surface area contributed by atoms with Crippen LogP contribution in [0.1, 0.15) is 19.4 Å². The van der Waals surface area contributed by atoms with E-state index in [1.165, 1.54) is 12.1 Å². The van der Waals surface area contributed by atoms with Crippen molar-refractivity contribution < 1.29 is 9.18 Å². The first-order chi connectivity index (χ1) is 5.56. The Bertz CT molecular complexity index is 292. The summed E-state index contributed by atoms with van der Waals surface area (Å²) in [6.07, 6.45) is 0.821. The van der Waals surface area contributed by atoms with Crippen LogP contribution in [0.25, 0.3) is 0 Å². The van der Waals surface area contributed by atoms with Gasteiger partial charge in [-0.05, 0) is 31.5 Å². The van der Waals surface area contributed by atoms with E-state index in [1.54, 1.807) is 26.0 Å². The van der Waals surface area contributed by atoms with Crippen molar-refractivity contribution >= 4 is 6.29 Å². The number of benzene rings is 1. The number of carbonyl (C=O) groups is 1. The van der Waals surface area contributed by atoms with E-state index < -0.39 is 5.41 Å². The number of hydrogen-bond acceptors (Lipinski definition) is 1. The molecule has 1 nitrogen and oxygen atoms in total. The summed E-state index contributed by atoms with van der Waals surface area (Å²) in [5.41, 5.74) is 0.111. The molecule has 0 amide bonds. The lowest BCUT2D eigenvalue weighted by Crippen LogP contribution is -2.18. The molecule has 0 aliphatic rings. The maximum atomic E-state index is 12.7. The van der Waals surface area contributed by atoms with E-state index in [2.05, 4.69) is 0 Å². The van der Waals surface area contributed by atoms with Crippen molar-refractivity contribution in [3.8, 4) is 0 Å². The Balaban J connectivity index is 3.11. The van der Waals surface area contributed by atoms with Crippen LogP contribution in [-0.4, -0.2) is 6.29 Å². The molecule has 2 heteroatoms. The van der Waals surface area contributed by atoms with Crippen LogP contribution in [-0.2, 0) is 10.2 Å². The molecule has 0 radical (unpaired) electrons. The minimum atomic E-state index is -0.595. The lowest BCUT2D eigenvalue weighted by atomic mass is 9.86. The quantitative estimate of drug-likeness (QED) is 0.616. The van der Waals surface area contributed by atoms with Gasteiger partial charge in [-0.25, -0.2) is 4.39 Å². The van der Waals surface area contributed by atoms with E-state index in [9.17, 15) is 9.18 Å². The molecular weight excluding hydrogens is 155 g/mol. The van der Waals surface area contributed by atoms with Crippen LogP contribution < -0.4 is 0 Å². The van der Waals surface area contributed by atoms with Gasteiger partial charge in [0, 0.05) is 5.41 Å². The predicted octanol–water partition coefficient (Wildman–Crippen LogP) is 2.30. The van der Waals surface area contributed by atoms with Crippen molar-refractivity contribution in [3.63, 3.8) is 0 Å². The van der Waals surface area contributed by atoms with Crippen molar-refractivity contribution in [2.45, 2.75) is 19.3 Å². The summed E-state index contributed by atoms with van der Waals surface area (Å²) < 4.78 is 12.7. The van der Waals surface area contributed by atoms with E-state index in [-0.39, 0.29) is 5.82 Å². The largest absolute Gasteiger partial charge is 0.302 e. The zero-order valence-corrected chi connectivity index (χ0v) is 7.17. The molecule has 0 unspecified atom stereocenters. The summed E-state index contributed by atoms with van der Waals surface area (Å²) in [4.78, 5) is 10.6. The molecule has 12 heavy (non-hydrogen) atoms. The Morgan fingerprint density at radius 3 is 2.58 bits per heavy atom. The highest BCUT2D eigenvalue weighted by Crippen LogP contribution is 2.20. The summed E-state index contributed by atoms with van der Waals surface area (Å²) in [5.74, 6) is -0.303. The normalized spacial score (nSPS) is 11.2. The summed E-state index contributed by atoms with van der Waals surface area (Å²) >= 11 is 0. The topological polar surface area (TPSA) is 17.1 Å². The molecule has 0 spiro atoms. The van der Waals surface area contributed by atoms with Gasteiger partial charge in [0.05, 0.1) is 0 Å². The monoisotopic (exact) mass is 166 g/mol. The predicted molar refractivity (Wildman–Crippen MR) is 45.5 cm³/mol. The standard InChI is InChI=1S/C10H11FO/c1-10(2,7-12)8-4-3-5-9(11)6-8/h3-7H,1-2H3. The Hall–Kier alpha value is -1.18. The third-order valence-corrected chi connectivity index (χ3v) is 1.86. The number of carbonyl (C=O) groups excluding carboxylic acids is 1. The number of hydrogen-bond donors (Lipinski definition) is 0.